The van der Waals surface area contributed by atoms with Gasteiger partial charge in [-0.25, -0.2) is 4.79 Å². The molecule has 108 valence electrons. The average Bonchev–Trinajstić information content (AvgIpc) is 2.63. The van der Waals surface area contributed by atoms with Gasteiger partial charge in [0.2, 0.25) is 5.91 Å². The Morgan fingerprint density at radius 2 is 2.00 bits per heavy atom. The Balaban J connectivity index is 2.34. The van der Waals surface area contributed by atoms with Crippen LogP contribution in [0.2, 0.25) is 0 Å². The van der Waals surface area contributed by atoms with Gasteiger partial charge in [-0.05, 0) is 25.3 Å². The normalized spacial score (nSPS) is 14.5. The quantitative estimate of drug-likeness (QED) is 0.826. The fraction of sp³-hybridized carbons (Fsp3) is 0.462. The van der Waals surface area contributed by atoms with Crippen LogP contribution in [0.1, 0.15) is 44.9 Å². The number of ether oxygens (including phenoxy) is 1. The standard InChI is InChI=1S/C13H16N2O4S/c1-6-8(13(18)19-2)12(20-9(6)10(14)16)15-11(17)7-4-3-5-7/h7H,3-5H2,1-2H3,(H2,14,16)(H,15,17). The number of thiophene rings is 1. The smallest absolute Gasteiger partial charge is 0.341 e. The van der Waals surface area contributed by atoms with Crippen molar-refractivity contribution in [2.24, 2.45) is 11.7 Å². The van der Waals surface area contributed by atoms with E-state index in [0.717, 1.165) is 30.6 Å². The summed E-state index contributed by atoms with van der Waals surface area (Å²) in [6.07, 6.45) is 2.75. The predicted molar refractivity (Wildman–Crippen MR) is 74.9 cm³/mol. The molecule has 0 aromatic carbocycles. The number of primary amides is 1. The lowest BCUT2D eigenvalue weighted by Crippen LogP contribution is -2.28. The monoisotopic (exact) mass is 296 g/mol. The maximum absolute atomic E-state index is 12.0. The van der Waals surface area contributed by atoms with Crippen LogP contribution in [0.4, 0.5) is 5.00 Å². The molecule has 1 aromatic heterocycles. The van der Waals surface area contributed by atoms with Gasteiger partial charge in [-0.2, -0.15) is 0 Å². The summed E-state index contributed by atoms with van der Waals surface area (Å²) in [5, 5.41) is 3.05. The first-order valence-electron chi connectivity index (χ1n) is 6.28. The summed E-state index contributed by atoms with van der Waals surface area (Å²) >= 11 is 1.01. The first kappa shape index (κ1) is 14.5. The van der Waals surface area contributed by atoms with E-state index in [4.69, 9.17) is 10.5 Å². The number of carbonyl (C=O) groups excluding carboxylic acids is 3. The van der Waals surface area contributed by atoms with Crippen molar-refractivity contribution in [3.63, 3.8) is 0 Å². The highest BCUT2D eigenvalue weighted by Gasteiger charge is 2.29. The Morgan fingerprint density at radius 3 is 2.45 bits per heavy atom. The van der Waals surface area contributed by atoms with Gasteiger partial charge in [0.25, 0.3) is 5.91 Å². The number of nitrogens with two attached hydrogens (primary N) is 1. The summed E-state index contributed by atoms with van der Waals surface area (Å²) in [6, 6.07) is 0. The molecule has 1 aliphatic carbocycles. The molecule has 0 unspecified atom stereocenters. The van der Waals surface area contributed by atoms with E-state index < -0.39 is 11.9 Å². The van der Waals surface area contributed by atoms with Crippen molar-refractivity contribution in [3.05, 3.63) is 16.0 Å². The summed E-state index contributed by atoms with van der Waals surface area (Å²) < 4.78 is 4.70. The molecule has 0 spiro atoms. The van der Waals surface area contributed by atoms with Crippen LogP contribution in [-0.4, -0.2) is 24.9 Å². The Bertz CT molecular complexity index is 575. The molecule has 7 heteroatoms. The maximum Gasteiger partial charge on any atom is 0.341 e. The van der Waals surface area contributed by atoms with Gasteiger partial charge in [0.15, 0.2) is 0 Å². The average molecular weight is 296 g/mol. The van der Waals surface area contributed by atoms with Crippen molar-refractivity contribution in [1.82, 2.24) is 0 Å². The van der Waals surface area contributed by atoms with Crippen LogP contribution < -0.4 is 11.1 Å². The Morgan fingerprint density at radius 1 is 1.35 bits per heavy atom. The van der Waals surface area contributed by atoms with Crippen molar-refractivity contribution in [1.29, 1.82) is 0 Å². The molecule has 3 N–H and O–H groups in total. The van der Waals surface area contributed by atoms with E-state index in [-0.39, 0.29) is 22.3 Å². The molecule has 1 aliphatic rings. The lowest BCUT2D eigenvalue weighted by Gasteiger charge is -2.23. The molecule has 1 heterocycles. The third kappa shape index (κ3) is 2.53. The summed E-state index contributed by atoms with van der Waals surface area (Å²) in [4.78, 5) is 35.4. The van der Waals surface area contributed by atoms with Crippen molar-refractivity contribution in [3.8, 4) is 0 Å². The minimum Gasteiger partial charge on any atom is -0.465 e. The Labute approximate surface area is 120 Å². The number of hydrogen-bond donors (Lipinski definition) is 2. The van der Waals surface area contributed by atoms with Crippen LogP contribution in [-0.2, 0) is 9.53 Å². The molecule has 2 amide bonds. The molecule has 2 rings (SSSR count). The minimum atomic E-state index is -0.623. The van der Waals surface area contributed by atoms with Crippen molar-refractivity contribution >= 4 is 34.1 Å². The third-order valence-electron chi connectivity index (χ3n) is 3.47. The largest absolute Gasteiger partial charge is 0.465 e. The van der Waals surface area contributed by atoms with Gasteiger partial charge in [-0.3, -0.25) is 9.59 Å². The fourth-order valence-electron chi connectivity index (χ4n) is 2.07. The van der Waals surface area contributed by atoms with E-state index in [0.29, 0.717) is 10.6 Å². The van der Waals surface area contributed by atoms with E-state index in [1.807, 2.05) is 0 Å². The molecule has 0 bridgehead atoms. The number of hydrogen-bond acceptors (Lipinski definition) is 5. The summed E-state index contributed by atoms with van der Waals surface area (Å²) in [7, 11) is 1.25. The van der Waals surface area contributed by atoms with E-state index in [2.05, 4.69) is 5.32 Å². The maximum atomic E-state index is 12.0. The van der Waals surface area contributed by atoms with Crippen LogP contribution in [0.3, 0.4) is 0 Å². The van der Waals surface area contributed by atoms with Crippen molar-refractivity contribution < 1.29 is 19.1 Å². The molecule has 0 radical (unpaired) electrons. The van der Waals surface area contributed by atoms with Gasteiger partial charge in [0.05, 0.1) is 17.6 Å². The SMILES string of the molecule is COC(=O)c1c(NC(=O)C2CCC2)sc(C(N)=O)c1C. The van der Waals surface area contributed by atoms with Gasteiger partial charge >= 0.3 is 5.97 Å². The zero-order valence-corrected chi connectivity index (χ0v) is 12.1. The summed E-state index contributed by atoms with van der Waals surface area (Å²) in [6.45, 7) is 1.61. The van der Waals surface area contributed by atoms with Crippen molar-refractivity contribution in [2.45, 2.75) is 26.2 Å². The molecular weight excluding hydrogens is 280 g/mol. The molecule has 1 fully saturated rings. The van der Waals surface area contributed by atoms with Crippen LogP contribution in [0.5, 0.6) is 0 Å². The van der Waals surface area contributed by atoms with Gasteiger partial charge in [-0.15, -0.1) is 11.3 Å². The molecule has 20 heavy (non-hydrogen) atoms. The molecule has 0 saturated heterocycles. The fourth-order valence-corrected chi connectivity index (χ4v) is 3.12. The van der Waals surface area contributed by atoms with Gasteiger partial charge in [0, 0.05) is 5.92 Å². The van der Waals surface area contributed by atoms with E-state index in [9.17, 15) is 14.4 Å². The van der Waals surface area contributed by atoms with E-state index >= 15 is 0 Å². The zero-order chi connectivity index (χ0) is 14.9. The number of nitrogens with one attached hydrogen (secondary N) is 1. The lowest BCUT2D eigenvalue weighted by molar-refractivity contribution is -0.122. The number of amides is 2. The predicted octanol–water partition coefficient (Wildman–Crippen LogP) is 1.68. The van der Waals surface area contributed by atoms with Crippen LogP contribution in [0.15, 0.2) is 0 Å². The highest BCUT2D eigenvalue weighted by molar-refractivity contribution is 7.18. The topological polar surface area (TPSA) is 98.5 Å². The molecule has 1 aromatic rings. The minimum absolute atomic E-state index is 0.0140. The number of methoxy groups -OCH3 is 1. The number of carbonyl (C=O) groups is 3. The number of rotatable bonds is 4. The van der Waals surface area contributed by atoms with E-state index in [1.54, 1.807) is 6.92 Å². The highest BCUT2D eigenvalue weighted by Crippen LogP contribution is 2.35. The Hall–Kier alpha value is -1.89. The molecule has 0 atom stereocenters. The third-order valence-corrected chi connectivity index (χ3v) is 4.69. The second-order valence-electron chi connectivity index (χ2n) is 4.73. The van der Waals surface area contributed by atoms with Gasteiger partial charge in [0.1, 0.15) is 5.00 Å². The lowest BCUT2D eigenvalue weighted by atomic mass is 9.85. The number of anilines is 1. The molecule has 0 aliphatic heterocycles. The number of esters is 1. The summed E-state index contributed by atoms with van der Waals surface area (Å²) in [5.41, 5.74) is 5.92. The second-order valence-corrected chi connectivity index (χ2v) is 5.75. The van der Waals surface area contributed by atoms with Gasteiger partial charge in [-0.1, -0.05) is 6.42 Å². The second kappa shape index (κ2) is 5.62. The first-order chi connectivity index (χ1) is 9.45. The van der Waals surface area contributed by atoms with Crippen molar-refractivity contribution in [2.75, 3.05) is 12.4 Å². The molecular formula is C13H16N2O4S. The zero-order valence-electron chi connectivity index (χ0n) is 11.3. The van der Waals surface area contributed by atoms with Crippen LogP contribution in [0.25, 0.3) is 0 Å². The molecule has 1 saturated carbocycles. The highest BCUT2D eigenvalue weighted by atomic mass is 32.1. The molecule has 6 nitrogen and oxygen atoms in total. The first-order valence-corrected chi connectivity index (χ1v) is 7.09. The van der Waals surface area contributed by atoms with Gasteiger partial charge < -0.3 is 15.8 Å². The van der Waals surface area contributed by atoms with E-state index in [1.165, 1.54) is 7.11 Å². The van der Waals surface area contributed by atoms with Crippen LogP contribution in [0, 0.1) is 12.8 Å². The Kier molecular flexibility index (Phi) is 4.08. The van der Waals surface area contributed by atoms with Crippen LogP contribution >= 0.6 is 11.3 Å². The summed E-state index contributed by atoms with van der Waals surface area (Å²) in [5.74, 6) is -1.35.